The van der Waals surface area contributed by atoms with E-state index in [1.165, 1.54) is 0 Å². The summed E-state index contributed by atoms with van der Waals surface area (Å²) in [4.78, 5) is 39.2. The molecule has 34 heavy (non-hydrogen) atoms. The molecule has 2 aromatic rings. The van der Waals surface area contributed by atoms with Gasteiger partial charge < -0.3 is 9.80 Å². The number of anilines is 1. The first kappa shape index (κ1) is 24.9. The van der Waals surface area contributed by atoms with Gasteiger partial charge in [-0.3, -0.25) is 19.5 Å². The highest BCUT2D eigenvalue weighted by atomic mass is 35.5. The average molecular weight is 504 g/mol. The lowest BCUT2D eigenvalue weighted by Gasteiger charge is -2.44. The van der Waals surface area contributed by atoms with Crippen molar-refractivity contribution in [2.24, 2.45) is 0 Å². The number of rotatable bonds is 6. The number of halogens is 2. The Labute approximate surface area is 211 Å². The van der Waals surface area contributed by atoms with E-state index in [0.29, 0.717) is 34.9 Å². The van der Waals surface area contributed by atoms with Gasteiger partial charge in [0.25, 0.3) is 0 Å². The smallest absolute Gasteiger partial charge is 0.228 e. The van der Waals surface area contributed by atoms with Crippen molar-refractivity contribution in [1.82, 2.24) is 19.8 Å². The Morgan fingerprint density at radius 2 is 1.97 bits per heavy atom. The van der Waals surface area contributed by atoms with Crippen LogP contribution in [0.4, 0.5) is 5.82 Å². The molecular formula is C25H31Cl2N5O2. The molecule has 9 heteroatoms. The Morgan fingerprint density at radius 1 is 1.21 bits per heavy atom. The standard InChI is InChI=1S/C25H31Cl2N5O2/c1-18(33)30(2)20-6-12-31(13-7-20)14-9-25(19-3-4-21(26)22(27)15-19)8-5-24(34)32(17-25)23-16-28-10-11-29-23/h3-4,10-11,15-16,20H,5-9,12-14,17H2,1-2H3/t25-/m1/s1. The van der Waals surface area contributed by atoms with Crippen LogP contribution in [0.5, 0.6) is 0 Å². The first-order valence-corrected chi connectivity index (χ1v) is 12.5. The predicted molar refractivity (Wildman–Crippen MR) is 134 cm³/mol. The summed E-state index contributed by atoms with van der Waals surface area (Å²) in [5.41, 5.74) is 0.821. The summed E-state index contributed by atoms with van der Waals surface area (Å²) >= 11 is 12.6. The third-order valence-electron chi connectivity index (χ3n) is 7.45. The van der Waals surface area contributed by atoms with Crippen molar-refractivity contribution >= 4 is 40.8 Å². The molecule has 1 atom stereocenters. The largest absolute Gasteiger partial charge is 0.343 e. The number of likely N-dealkylation sites (tertiary alicyclic amines) is 1. The number of hydrogen-bond acceptors (Lipinski definition) is 5. The Bertz CT molecular complexity index is 1030. The number of benzene rings is 1. The molecule has 0 unspecified atom stereocenters. The van der Waals surface area contributed by atoms with Gasteiger partial charge in [0.2, 0.25) is 11.8 Å². The summed E-state index contributed by atoms with van der Waals surface area (Å²) in [7, 11) is 1.89. The zero-order chi connectivity index (χ0) is 24.3. The van der Waals surface area contributed by atoms with Crippen molar-refractivity contribution in [3.05, 3.63) is 52.4 Å². The van der Waals surface area contributed by atoms with Crippen LogP contribution >= 0.6 is 23.2 Å². The molecule has 1 aromatic carbocycles. The van der Waals surface area contributed by atoms with Gasteiger partial charge in [-0.1, -0.05) is 29.3 Å². The molecule has 2 amide bonds. The normalized spacial score (nSPS) is 22.1. The van der Waals surface area contributed by atoms with Crippen LogP contribution in [0, 0.1) is 0 Å². The van der Waals surface area contributed by atoms with Crippen LogP contribution in [0.15, 0.2) is 36.8 Å². The summed E-state index contributed by atoms with van der Waals surface area (Å²) in [6, 6.07) is 6.13. The fourth-order valence-corrected chi connectivity index (χ4v) is 5.46. The number of aromatic nitrogens is 2. The van der Waals surface area contributed by atoms with E-state index in [1.807, 2.05) is 30.1 Å². The van der Waals surface area contributed by atoms with Crippen molar-refractivity contribution in [1.29, 1.82) is 0 Å². The van der Waals surface area contributed by atoms with Gasteiger partial charge in [0.1, 0.15) is 0 Å². The fourth-order valence-electron chi connectivity index (χ4n) is 5.16. The summed E-state index contributed by atoms with van der Waals surface area (Å²) in [6.45, 7) is 4.95. The summed E-state index contributed by atoms with van der Waals surface area (Å²) < 4.78 is 0. The van der Waals surface area contributed by atoms with Gasteiger partial charge in [0, 0.05) is 63.9 Å². The highest BCUT2D eigenvalue weighted by Crippen LogP contribution is 2.41. The average Bonchev–Trinajstić information content (AvgIpc) is 2.86. The van der Waals surface area contributed by atoms with E-state index >= 15 is 0 Å². The highest BCUT2D eigenvalue weighted by Gasteiger charge is 2.41. The molecule has 2 aliphatic rings. The number of nitrogens with zero attached hydrogens (tertiary/aromatic N) is 5. The zero-order valence-corrected chi connectivity index (χ0v) is 21.2. The Balaban J connectivity index is 1.54. The van der Waals surface area contributed by atoms with Crippen molar-refractivity contribution in [2.75, 3.05) is 38.1 Å². The highest BCUT2D eigenvalue weighted by molar-refractivity contribution is 6.42. The molecule has 2 aliphatic heterocycles. The molecule has 3 heterocycles. The molecule has 182 valence electrons. The summed E-state index contributed by atoms with van der Waals surface area (Å²) in [5, 5.41) is 1.05. The Morgan fingerprint density at radius 3 is 2.62 bits per heavy atom. The Kier molecular flexibility index (Phi) is 7.75. The molecule has 0 spiro atoms. The van der Waals surface area contributed by atoms with Crippen molar-refractivity contribution in [2.45, 2.75) is 50.5 Å². The SMILES string of the molecule is CC(=O)N(C)C1CCN(CC[C@]2(c3ccc(Cl)c(Cl)c3)CCC(=O)N(c3cnccn3)C2)CC1. The van der Waals surface area contributed by atoms with Crippen LogP contribution in [0.1, 0.15) is 44.6 Å². The molecular weight excluding hydrogens is 473 g/mol. The van der Waals surface area contributed by atoms with E-state index in [-0.39, 0.29) is 17.2 Å². The van der Waals surface area contributed by atoms with E-state index in [9.17, 15) is 9.59 Å². The van der Waals surface area contributed by atoms with Crippen molar-refractivity contribution in [3.8, 4) is 0 Å². The van der Waals surface area contributed by atoms with Gasteiger partial charge in [-0.15, -0.1) is 0 Å². The number of carbonyl (C=O) groups excluding carboxylic acids is 2. The van der Waals surface area contributed by atoms with Crippen molar-refractivity contribution in [3.63, 3.8) is 0 Å². The zero-order valence-electron chi connectivity index (χ0n) is 19.7. The van der Waals surface area contributed by atoms with Gasteiger partial charge in [-0.25, -0.2) is 4.98 Å². The number of piperidine rings is 2. The van der Waals surface area contributed by atoms with Gasteiger partial charge in [-0.05, 0) is 49.9 Å². The van der Waals surface area contributed by atoms with Crippen LogP contribution in [0.25, 0.3) is 0 Å². The van der Waals surface area contributed by atoms with Gasteiger partial charge in [-0.2, -0.15) is 0 Å². The minimum absolute atomic E-state index is 0.0595. The lowest BCUT2D eigenvalue weighted by Crippen LogP contribution is -2.51. The second kappa shape index (κ2) is 10.6. The quantitative estimate of drug-likeness (QED) is 0.591. The third kappa shape index (κ3) is 5.37. The van der Waals surface area contributed by atoms with Gasteiger partial charge >= 0.3 is 0 Å². The number of carbonyl (C=O) groups is 2. The monoisotopic (exact) mass is 503 g/mol. The topological polar surface area (TPSA) is 69.6 Å². The molecule has 0 radical (unpaired) electrons. The van der Waals surface area contributed by atoms with E-state index in [4.69, 9.17) is 23.2 Å². The van der Waals surface area contributed by atoms with E-state index in [0.717, 1.165) is 50.9 Å². The second-order valence-corrected chi connectivity index (χ2v) is 10.2. The van der Waals surface area contributed by atoms with Crippen LogP contribution in [-0.2, 0) is 15.0 Å². The first-order chi connectivity index (χ1) is 16.3. The first-order valence-electron chi connectivity index (χ1n) is 11.8. The second-order valence-electron chi connectivity index (χ2n) is 9.41. The van der Waals surface area contributed by atoms with Crippen LogP contribution < -0.4 is 4.90 Å². The fraction of sp³-hybridized carbons (Fsp3) is 0.520. The summed E-state index contributed by atoms with van der Waals surface area (Å²) in [6.07, 6.45) is 8.85. The molecule has 0 saturated carbocycles. The molecule has 0 bridgehead atoms. The number of amides is 2. The van der Waals surface area contributed by atoms with E-state index < -0.39 is 0 Å². The summed E-state index contributed by atoms with van der Waals surface area (Å²) in [5.74, 6) is 0.752. The maximum atomic E-state index is 12.9. The van der Waals surface area contributed by atoms with Crippen LogP contribution in [-0.4, -0.2) is 70.9 Å². The maximum absolute atomic E-state index is 12.9. The molecule has 0 N–H and O–H groups in total. The maximum Gasteiger partial charge on any atom is 0.228 e. The molecule has 2 saturated heterocycles. The minimum Gasteiger partial charge on any atom is -0.343 e. The van der Waals surface area contributed by atoms with Crippen LogP contribution in [0.3, 0.4) is 0 Å². The molecule has 4 rings (SSSR count). The van der Waals surface area contributed by atoms with Crippen LogP contribution in [0.2, 0.25) is 10.0 Å². The molecule has 1 aromatic heterocycles. The predicted octanol–water partition coefficient (Wildman–Crippen LogP) is 4.18. The van der Waals surface area contributed by atoms with E-state index in [2.05, 4.69) is 14.9 Å². The van der Waals surface area contributed by atoms with Gasteiger partial charge in [0.15, 0.2) is 5.82 Å². The molecule has 2 fully saturated rings. The van der Waals surface area contributed by atoms with Gasteiger partial charge in [0.05, 0.1) is 16.2 Å². The molecule has 7 nitrogen and oxygen atoms in total. The Hall–Kier alpha value is -2.22. The lowest BCUT2D eigenvalue weighted by molar-refractivity contribution is -0.130. The van der Waals surface area contributed by atoms with Crippen molar-refractivity contribution < 1.29 is 9.59 Å². The minimum atomic E-state index is -0.271. The van der Waals surface area contributed by atoms with E-state index in [1.54, 1.807) is 30.4 Å². The number of hydrogen-bond donors (Lipinski definition) is 0. The molecule has 0 aliphatic carbocycles. The third-order valence-corrected chi connectivity index (χ3v) is 8.18. The lowest BCUT2D eigenvalue weighted by atomic mass is 9.71.